The van der Waals surface area contributed by atoms with Crippen LogP contribution in [-0.2, 0) is 0 Å². The molecule has 0 aromatic carbocycles. The van der Waals surface area contributed by atoms with Crippen molar-refractivity contribution >= 4 is 5.69 Å². The van der Waals surface area contributed by atoms with Crippen molar-refractivity contribution in [3.63, 3.8) is 0 Å². The van der Waals surface area contributed by atoms with E-state index in [4.69, 9.17) is 0 Å². The Hall–Kier alpha value is -1.09. The summed E-state index contributed by atoms with van der Waals surface area (Å²) in [6, 6.07) is 4.64. The summed E-state index contributed by atoms with van der Waals surface area (Å²) in [7, 11) is 1.96. The van der Waals surface area contributed by atoms with Gasteiger partial charge in [0, 0.05) is 19.1 Å². The summed E-state index contributed by atoms with van der Waals surface area (Å²) in [6.45, 7) is 9.07. The highest BCUT2D eigenvalue weighted by molar-refractivity contribution is 5.46. The lowest BCUT2D eigenvalue weighted by molar-refractivity contribution is 0.418. The molecule has 2 rings (SSSR count). The van der Waals surface area contributed by atoms with Crippen LogP contribution in [0.5, 0.6) is 0 Å². The zero-order valence-electron chi connectivity index (χ0n) is 11.3. The molecule has 2 heterocycles. The first kappa shape index (κ1) is 12.4. The molecule has 0 spiro atoms. The molecule has 1 fully saturated rings. The topological polar surface area (TPSA) is 28.2 Å². The summed E-state index contributed by atoms with van der Waals surface area (Å²) in [5.41, 5.74) is 2.80. The minimum Gasteiger partial charge on any atom is -0.370 e. The quantitative estimate of drug-likeness (QED) is 0.870. The number of pyridine rings is 1. The zero-order chi connectivity index (χ0) is 12.5. The number of anilines is 1. The van der Waals surface area contributed by atoms with E-state index >= 15 is 0 Å². The predicted octanol–water partition coefficient (Wildman–Crippen LogP) is 2.60. The van der Waals surface area contributed by atoms with E-state index in [1.54, 1.807) is 0 Å². The molecule has 1 atom stereocenters. The molecular weight excluding hydrogens is 210 g/mol. The Balaban J connectivity index is 2.09. The van der Waals surface area contributed by atoms with Crippen molar-refractivity contribution in [2.75, 3.05) is 25.0 Å². The fraction of sp³-hybridized carbons (Fsp3) is 0.643. The Morgan fingerprint density at radius 3 is 2.65 bits per heavy atom. The van der Waals surface area contributed by atoms with Crippen LogP contribution >= 0.6 is 0 Å². The lowest BCUT2D eigenvalue weighted by Gasteiger charge is -2.21. The Kier molecular flexibility index (Phi) is 3.38. The summed E-state index contributed by atoms with van der Waals surface area (Å²) in [6.07, 6.45) is 3.27. The van der Waals surface area contributed by atoms with Gasteiger partial charge in [0.1, 0.15) is 0 Å². The Morgan fingerprint density at radius 2 is 2.18 bits per heavy atom. The Bertz CT molecular complexity index is 370. The Morgan fingerprint density at radius 1 is 1.41 bits per heavy atom. The SMILES string of the molecule is CNC(C)c1ccc(N2CCC(C)(C)C2)cn1. The molecule has 0 aliphatic carbocycles. The second-order valence-electron chi connectivity index (χ2n) is 5.79. The van der Waals surface area contributed by atoms with Crippen molar-refractivity contribution < 1.29 is 0 Å². The minimum atomic E-state index is 0.319. The van der Waals surface area contributed by atoms with E-state index in [1.807, 2.05) is 13.2 Å². The van der Waals surface area contributed by atoms with Crippen LogP contribution in [0.4, 0.5) is 5.69 Å². The van der Waals surface area contributed by atoms with Crippen molar-refractivity contribution in [2.24, 2.45) is 5.41 Å². The summed E-state index contributed by atoms with van der Waals surface area (Å²) >= 11 is 0. The molecule has 1 N–H and O–H groups in total. The van der Waals surface area contributed by atoms with E-state index in [2.05, 4.69) is 48.1 Å². The molecule has 0 saturated carbocycles. The van der Waals surface area contributed by atoms with Gasteiger partial charge >= 0.3 is 0 Å². The molecule has 1 unspecified atom stereocenters. The molecule has 17 heavy (non-hydrogen) atoms. The Labute approximate surface area is 104 Å². The van der Waals surface area contributed by atoms with Crippen LogP contribution in [-0.4, -0.2) is 25.1 Å². The first-order valence-corrected chi connectivity index (χ1v) is 6.40. The molecule has 94 valence electrons. The van der Waals surface area contributed by atoms with Gasteiger partial charge < -0.3 is 10.2 Å². The van der Waals surface area contributed by atoms with Crippen molar-refractivity contribution in [2.45, 2.75) is 33.2 Å². The van der Waals surface area contributed by atoms with Crippen LogP contribution in [0.25, 0.3) is 0 Å². The lowest BCUT2D eigenvalue weighted by Crippen LogP contribution is -2.23. The summed E-state index contributed by atoms with van der Waals surface area (Å²) in [5.74, 6) is 0. The first-order valence-electron chi connectivity index (χ1n) is 6.40. The highest BCUT2D eigenvalue weighted by Gasteiger charge is 2.29. The number of hydrogen-bond donors (Lipinski definition) is 1. The summed E-state index contributed by atoms with van der Waals surface area (Å²) in [4.78, 5) is 6.97. The largest absolute Gasteiger partial charge is 0.370 e. The number of nitrogens with one attached hydrogen (secondary N) is 1. The normalized spacial score (nSPS) is 20.6. The van der Waals surface area contributed by atoms with Crippen LogP contribution in [0, 0.1) is 5.41 Å². The van der Waals surface area contributed by atoms with Crippen molar-refractivity contribution in [1.82, 2.24) is 10.3 Å². The molecule has 1 aliphatic rings. The third-order valence-electron chi connectivity index (χ3n) is 3.69. The fourth-order valence-electron chi connectivity index (χ4n) is 2.32. The average Bonchev–Trinajstić information content (AvgIpc) is 2.69. The third kappa shape index (κ3) is 2.78. The van der Waals surface area contributed by atoms with Gasteiger partial charge in [-0.25, -0.2) is 0 Å². The van der Waals surface area contributed by atoms with Crippen molar-refractivity contribution in [3.8, 4) is 0 Å². The van der Waals surface area contributed by atoms with Gasteiger partial charge in [0.2, 0.25) is 0 Å². The molecule has 3 nitrogen and oxygen atoms in total. The summed E-state index contributed by atoms with van der Waals surface area (Å²) in [5, 5.41) is 3.21. The van der Waals surface area contributed by atoms with Crippen LogP contribution in [0.15, 0.2) is 18.3 Å². The maximum Gasteiger partial charge on any atom is 0.0571 e. The molecule has 3 heteroatoms. The van der Waals surface area contributed by atoms with Gasteiger partial charge in [-0.1, -0.05) is 13.8 Å². The molecule has 1 saturated heterocycles. The predicted molar refractivity (Wildman–Crippen MR) is 72.3 cm³/mol. The van der Waals surface area contributed by atoms with Crippen molar-refractivity contribution in [1.29, 1.82) is 0 Å². The van der Waals surface area contributed by atoms with E-state index in [0.29, 0.717) is 11.5 Å². The van der Waals surface area contributed by atoms with Gasteiger partial charge in [-0.05, 0) is 37.9 Å². The summed E-state index contributed by atoms with van der Waals surface area (Å²) < 4.78 is 0. The molecule has 1 aromatic rings. The number of hydrogen-bond acceptors (Lipinski definition) is 3. The number of aromatic nitrogens is 1. The molecular formula is C14H23N3. The third-order valence-corrected chi connectivity index (χ3v) is 3.69. The zero-order valence-corrected chi connectivity index (χ0v) is 11.3. The first-order chi connectivity index (χ1) is 8.02. The van der Waals surface area contributed by atoms with E-state index in [-0.39, 0.29) is 0 Å². The van der Waals surface area contributed by atoms with E-state index in [9.17, 15) is 0 Å². The lowest BCUT2D eigenvalue weighted by atomic mass is 9.93. The van der Waals surface area contributed by atoms with E-state index < -0.39 is 0 Å². The molecule has 0 radical (unpaired) electrons. The number of rotatable bonds is 3. The van der Waals surface area contributed by atoms with Gasteiger partial charge in [-0.15, -0.1) is 0 Å². The van der Waals surface area contributed by atoms with Gasteiger partial charge in [-0.2, -0.15) is 0 Å². The number of nitrogens with zero attached hydrogens (tertiary/aromatic N) is 2. The van der Waals surface area contributed by atoms with Crippen LogP contribution in [0.2, 0.25) is 0 Å². The van der Waals surface area contributed by atoms with E-state index in [1.165, 1.54) is 12.1 Å². The molecule has 0 bridgehead atoms. The molecule has 1 aromatic heterocycles. The van der Waals surface area contributed by atoms with Crippen LogP contribution in [0.3, 0.4) is 0 Å². The highest BCUT2D eigenvalue weighted by Crippen LogP contribution is 2.32. The fourth-order valence-corrected chi connectivity index (χ4v) is 2.32. The highest BCUT2D eigenvalue weighted by atomic mass is 15.2. The maximum atomic E-state index is 4.54. The van der Waals surface area contributed by atoms with Crippen LogP contribution < -0.4 is 10.2 Å². The van der Waals surface area contributed by atoms with Crippen LogP contribution in [0.1, 0.15) is 38.9 Å². The molecule has 1 aliphatic heterocycles. The monoisotopic (exact) mass is 233 g/mol. The van der Waals surface area contributed by atoms with Gasteiger partial charge in [0.15, 0.2) is 0 Å². The average molecular weight is 233 g/mol. The molecule has 0 amide bonds. The van der Waals surface area contributed by atoms with Gasteiger partial charge in [0.05, 0.1) is 17.6 Å². The van der Waals surface area contributed by atoms with Crippen molar-refractivity contribution in [3.05, 3.63) is 24.0 Å². The standard InChI is InChI=1S/C14H23N3/c1-11(15-4)13-6-5-12(9-16-13)17-8-7-14(2,3)10-17/h5-6,9,11,15H,7-8,10H2,1-4H3. The second-order valence-corrected chi connectivity index (χ2v) is 5.79. The minimum absolute atomic E-state index is 0.319. The van der Waals surface area contributed by atoms with Gasteiger partial charge in [0.25, 0.3) is 0 Å². The smallest absolute Gasteiger partial charge is 0.0571 e. The van der Waals surface area contributed by atoms with E-state index in [0.717, 1.165) is 18.8 Å². The maximum absolute atomic E-state index is 4.54. The van der Waals surface area contributed by atoms with Gasteiger partial charge in [-0.3, -0.25) is 4.98 Å². The second kappa shape index (κ2) is 4.65.